The second-order valence-electron chi connectivity index (χ2n) is 6.00. The van der Waals surface area contributed by atoms with Crippen LogP contribution in [0, 0.1) is 20.8 Å². The molecule has 0 aliphatic carbocycles. The first-order valence-corrected chi connectivity index (χ1v) is 8.13. The second-order valence-corrected chi connectivity index (χ2v) is 6.00. The zero-order valence-electron chi connectivity index (χ0n) is 15.0. The summed E-state index contributed by atoms with van der Waals surface area (Å²) in [5.41, 5.74) is 3.82. The number of nitrogens with one attached hydrogen (secondary N) is 1. The van der Waals surface area contributed by atoms with Crippen LogP contribution in [-0.4, -0.2) is 24.6 Å². The molecule has 0 saturated heterocycles. The van der Waals surface area contributed by atoms with E-state index in [0.29, 0.717) is 5.75 Å². The Kier molecular flexibility index (Phi) is 6.17. The predicted octanol–water partition coefficient (Wildman–Crippen LogP) is 3.56. The van der Waals surface area contributed by atoms with Crippen LogP contribution in [0.2, 0.25) is 0 Å². The summed E-state index contributed by atoms with van der Waals surface area (Å²) in [5, 5.41) is 2.83. The Morgan fingerprint density at radius 3 is 2.24 bits per heavy atom. The van der Waals surface area contributed by atoms with Crippen LogP contribution in [0.15, 0.2) is 42.5 Å². The van der Waals surface area contributed by atoms with Gasteiger partial charge in [-0.3, -0.25) is 4.79 Å². The molecular weight excluding hydrogens is 318 g/mol. The lowest BCUT2D eigenvalue weighted by atomic mass is 10.0. The minimum atomic E-state index is -0.910. The molecule has 0 spiro atoms. The predicted molar refractivity (Wildman–Crippen MR) is 96.8 cm³/mol. The molecule has 1 atom stereocenters. The highest BCUT2D eigenvalue weighted by Crippen LogP contribution is 2.22. The van der Waals surface area contributed by atoms with Gasteiger partial charge in [-0.1, -0.05) is 35.9 Å². The lowest BCUT2D eigenvalue weighted by Gasteiger charge is -2.17. The van der Waals surface area contributed by atoms with Crippen LogP contribution < -0.4 is 10.1 Å². The van der Waals surface area contributed by atoms with E-state index in [9.17, 15) is 9.59 Å². The highest BCUT2D eigenvalue weighted by atomic mass is 16.6. The van der Waals surface area contributed by atoms with E-state index >= 15 is 0 Å². The van der Waals surface area contributed by atoms with E-state index < -0.39 is 12.1 Å². The minimum absolute atomic E-state index is 0.246. The SMILES string of the molecule is Cc1cc(C)c(NC(=O)C(C)OC(=O)COc2ccccc2)c(C)c1. The Balaban J connectivity index is 1.89. The third-order valence-electron chi connectivity index (χ3n) is 3.70. The van der Waals surface area contributed by atoms with Crippen LogP contribution in [0.25, 0.3) is 0 Å². The Hall–Kier alpha value is -2.82. The van der Waals surface area contributed by atoms with Gasteiger partial charge in [0, 0.05) is 5.69 Å². The molecule has 2 rings (SSSR count). The van der Waals surface area contributed by atoms with Crippen molar-refractivity contribution in [3.8, 4) is 5.75 Å². The van der Waals surface area contributed by atoms with Crippen molar-refractivity contribution in [2.45, 2.75) is 33.8 Å². The topological polar surface area (TPSA) is 64.6 Å². The molecule has 25 heavy (non-hydrogen) atoms. The summed E-state index contributed by atoms with van der Waals surface area (Å²) in [6.45, 7) is 7.15. The van der Waals surface area contributed by atoms with Crippen molar-refractivity contribution in [3.05, 3.63) is 59.2 Å². The van der Waals surface area contributed by atoms with E-state index in [-0.39, 0.29) is 12.5 Å². The van der Waals surface area contributed by atoms with Crippen LogP contribution >= 0.6 is 0 Å². The van der Waals surface area contributed by atoms with E-state index in [1.807, 2.05) is 51.1 Å². The summed E-state index contributed by atoms with van der Waals surface area (Å²) in [7, 11) is 0. The number of para-hydroxylation sites is 1. The van der Waals surface area contributed by atoms with E-state index in [1.54, 1.807) is 12.1 Å². The highest BCUT2D eigenvalue weighted by molar-refractivity contribution is 5.96. The van der Waals surface area contributed by atoms with E-state index in [1.165, 1.54) is 6.92 Å². The molecule has 5 heteroatoms. The number of esters is 1. The molecule has 1 unspecified atom stereocenters. The molecule has 5 nitrogen and oxygen atoms in total. The summed E-state index contributed by atoms with van der Waals surface area (Å²) in [5.74, 6) is -0.394. The van der Waals surface area contributed by atoms with Gasteiger partial charge in [0.15, 0.2) is 12.7 Å². The molecule has 0 aliphatic heterocycles. The fourth-order valence-corrected chi connectivity index (χ4v) is 2.55. The maximum Gasteiger partial charge on any atom is 0.344 e. The molecule has 2 aromatic carbocycles. The van der Waals surface area contributed by atoms with Crippen molar-refractivity contribution < 1.29 is 19.1 Å². The molecule has 0 radical (unpaired) electrons. The maximum atomic E-state index is 12.3. The average Bonchev–Trinajstić information content (AvgIpc) is 2.57. The van der Waals surface area contributed by atoms with Gasteiger partial charge < -0.3 is 14.8 Å². The van der Waals surface area contributed by atoms with Crippen molar-refractivity contribution in [1.29, 1.82) is 0 Å². The van der Waals surface area contributed by atoms with Crippen molar-refractivity contribution >= 4 is 17.6 Å². The van der Waals surface area contributed by atoms with Gasteiger partial charge in [-0.2, -0.15) is 0 Å². The van der Waals surface area contributed by atoms with Crippen LogP contribution in [-0.2, 0) is 14.3 Å². The van der Waals surface area contributed by atoms with Crippen molar-refractivity contribution in [3.63, 3.8) is 0 Å². The molecule has 2 aromatic rings. The molecule has 132 valence electrons. The third kappa shape index (κ3) is 5.35. The number of hydrogen-bond acceptors (Lipinski definition) is 4. The highest BCUT2D eigenvalue weighted by Gasteiger charge is 2.19. The molecule has 0 bridgehead atoms. The number of anilines is 1. The van der Waals surface area contributed by atoms with Crippen molar-refractivity contribution in [1.82, 2.24) is 0 Å². The number of amides is 1. The minimum Gasteiger partial charge on any atom is -0.482 e. The first-order valence-electron chi connectivity index (χ1n) is 8.13. The number of carbonyl (C=O) groups excluding carboxylic acids is 2. The maximum absolute atomic E-state index is 12.3. The van der Waals surface area contributed by atoms with E-state index in [2.05, 4.69) is 5.32 Å². The molecule has 1 N–H and O–H groups in total. The standard InChI is InChI=1S/C20H23NO4/c1-13-10-14(2)19(15(3)11-13)21-20(23)16(4)25-18(22)12-24-17-8-6-5-7-9-17/h5-11,16H,12H2,1-4H3,(H,21,23). The number of rotatable bonds is 6. The lowest BCUT2D eigenvalue weighted by molar-refractivity contribution is -0.155. The van der Waals surface area contributed by atoms with Gasteiger partial charge in [-0.25, -0.2) is 4.79 Å². The Labute approximate surface area is 148 Å². The molecule has 0 heterocycles. The van der Waals surface area contributed by atoms with Gasteiger partial charge in [0.1, 0.15) is 5.75 Å². The molecule has 0 aliphatic rings. The molecule has 0 fully saturated rings. The van der Waals surface area contributed by atoms with Crippen LogP contribution in [0.1, 0.15) is 23.6 Å². The first-order chi connectivity index (χ1) is 11.9. The fraction of sp³-hybridized carbons (Fsp3) is 0.300. The number of carbonyl (C=O) groups is 2. The average molecular weight is 341 g/mol. The summed E-state index contributed by atoms with van der Waals surface area (Å²) in [6.07, 6.45) is -0.910. The monoisotopic (exact) mass is 341 g/mol. The Morgan fingerprint density at radius 1 is 1.04 bits per heavy atom. The van der Waals surface area contributed by atoms with Crippen LogP contribution in [0.4, 0.5) is 5.69 Å². The van der Waals surface area contributed by atoms with Crippen molar-refractivity contribution in [2.24, 2.45) is 0 Å². The van der Waals surface area contributed by atoms with Gasteiger partial charge in [0.05, 0.1) is 0 Å². The Morgan fingerprint density at radius 2 is 1.64 bits per heavy atom. The third-order valence-corrected chi connectivity index (χ3v) is 3.70. The number of aryl methyl sites for hydroxylation is 3. The molecule has 0 aromatic heterocycles. The fourth-order valence-electron chi connectivity index (χ4n) is 2.55. The summed E-state index contributed by atoms with van der Waals surface area (Å²) in [6, 6.07) is 12.9. The van der Waals surface area contributed by atoms with Gasteiger partial charge >= 0.3 is 5.97 Å². The van der Waals surface area contributed by atoms with E-state index in [4.69, 9.17) is 9.47 Å². The molecule has 0 saturated carbocycles. The van der Waals surface area contributed by atoms with Gasteiger partial charge in [0.2, 0.25) is 0 Å². The smallest absolute Gasteiger partial charge is 0.344 e. The zero-order chi connectivity index (χ0) is 18.4. The van der Waals surface area contributed by atoms with E-state index in [0.717, 1.165) is 22.4 Å². The lowest BCUT2D eigenvalue weighted by Crippen LogP contribution is -2.32. The quantitative estimate of drug-likeness (QED) is 0.816. The van der Waals surface area contributed by atoms with Crippen LogP contribution in [0.3, 0.4) is 0 Å². The molecule has 1 amide bonds. The number of hydrogen-bond donors (Lipinski definition) is 1. The second kappa shape index (κ2) is 8.33. The summed E-state index contributed by atoms with van der Waals surface area (Å²) < 4.78 is 10.4. The Bertz CT molecular complexity index is 733. The normalized spacial score (nSPS) is 11.5. The summed E-state index contributed by atoms with van der Waals surface area (Å²) >= 11 is 0. The largest absolute Gasteiger partial charge is 0.482 e. The number of benzene rings is 2. The van der Waals surface area contributed by atoms with Crippen molar-refractivity contribution in [2.75, 3.05) is 11.9 Å². The first kappa shape index (κ1) is 18.5. The van der Waals surface area contributed by atoms with Gasteiger partial charge in [0.25, 0.3) is 5.91 Å². The van der Waals surface area contributed by atoms with Gasteiger partial charge in [-0.05, 0) is 51.0 Å². The summed E-state index contributed by atoms with van der Waals surface area (Å²) in [4.78, 5) is 24.1. The zero-order valence-corrected chi connectivity index (χ0v) is 15.0. The van der Waals surface area contributed by atoms with Gasteiger partial charge in [-0.15, -0.1) is 0 Å². The molecular formula is C20H23NO4. The van der Waals surface area contributed by atoms with Crippen LogP contribution in [0.5, 0.6) is 5.75 Å². The number of ether oxygens (including phenoxy) is 2.